The molecule has 0 aromatic rings. The van der Waals surface area contributed by atoms with Crippen LogP contribution >= 0.6 is 11.8 Å². The van der Waals surface area contributed by atoms with E-state index in [4.69, 9.17) is 0 Å². The molecule has 58 valence electrons. The molecular formula is C7H16BNS. The molecule has 0 spiro atoms. The molecule has 0 unspecified atom stereocenters. The first-order valence-electron chi connectivity index (χ1n) is 3.54. The van der Waals surface area contributed by atoms with Gasteiger partial charge in [0, 0.05) is 6.04 Å². The molecule has 1 N–H and O–H groups in total. The zero-order valence-electron chi connectivity index (χ0n) is 7.11. The third-order valence-electron chi connectivity index (χ3n) is 1.55. The first kappa shape index (κ1) is 10.1. The lowest BCUT2D eigenvalue weighted by molar-refractivity contribution is 0.695. The molecule has 0 saturated carbocycles. The SMILES string of the molecule is BN[C@@H](CCSC)C(=C)C. The van der Waals surface area contributed by atoms with Gasteiger partial charge in [-0.1, -0.05) is 12.2 Å². The molecule has 10 heavy (non-hydrogen) atoms. The summed E-state index contributed by atoms with van der Waals surface area (Å²) in [5.74, 6) is 1.21. The maximum Gasteiger partial charge on any atom is 0.182 e. The van der Waals surface area contributed by atoms with Crippen molar-refractivity contribution in [3.05, 3.63) is 12.2 Å². The third kappa shape index (κ3) is 4.02. The summed E-state index contributed by atoms with van der Waals surface area (Å²) < 4.78 is 0. The Bertz CT molecular complexity index is 106. The van der Waals surface area contributed by atoms with Crippen LogP contribution in [0.25, 0.3) is 0 Å². The molecule has 0 aliphatic heterocycles. The molecule has 0 rings (SSSR count). The summed E-state index contributed by atoms with van der Waals surface area (Å²) >= 11 is 1.88. The fourth-order valence-corrected chi connectivity index (χ4v) is 1.34. The summed E-state index contributed by atoms with van der Waals surface area (Å²) in [6.07, 6.45) is 3.32. The van der Waals surface area contributed by atoms with Gasteiger partial charge in [-0.3, -0.25) is 0 Å². The Morgan fingerprint density at radius 2 is 2.40 bits per heavy atom. The molecule has 0 fully saturated rings. The predicted molar refractivity (Wildman–Crippen MR) is 53.3 cm³/mol. The van der Waals surface area contributed by atoms with Gasteiger partial charge in [-0.2, -0.15) is 11.8 Å². The van der Waals surface area contributed by atoms with Gasteiger partial charge < -0.3 is 5.23 Å². The van der Waals surface area contributed by atoms with Gasteiger partial charge in [0.2, 0.25) is 0 Å². The van der Waals surface area contributed by atoms with Crippen molar-refractivity contribution < 1.29 is 0 Å². The molecule has 0 aromatic carbocycles. The normalized spacial score (nSPS) is 13.0. The maximum atomic E-state index is 3.91. The van der Waals surface area contributed by atoms with Gasteiger partial charge >= 0.3 is 0 Å². The van der Waals surface area contributed by atoms with Gasteiger partial charge in [0.15, 0.2) is 7.98 Å². The van der Waals surface area contributed by atoms with Crippen LogP contribution in [0.15, 0.2) is 12.2 Å². The molecule has 0 aliphatic carbocycles. The summed E-state index contributed by atoms with van der Waals surface area (Å²) in [5.41, 5.74) is 1.23. The highest BCUT2D eigenvalue weighted by atomic mass is 32.2. The van der Waals surface area contributed by atoms with E-state index in [1.807, 2.05) is 19.7 Å². The number of hydrogen-bond donors (Lipinski definition) is 1. The summed E-state index contributed by atoms with van der Waals surface area (Å²) in [7, 11) is 1.99. The molecule has 0 aliphatic rings. The summed E-state index contributed by atoms with van der Waals surface area (Å²) in [6, 6.07) is 0.507. The van der Waals surface area contributed by atoms with Gasteiger partial charge in [0.05, 0.1) is 0 Å². The molecule has 0 aromatic heterocycles. The second-order valence-corrected chi connectivity index (χ2v) is 3.45. The van der Waals surface area contributed by atoms with Crippen molar-refractivity contribution in [3.8, 4) is 0 Å². The molecule has 1 atom stereocenters. The largest absolute Gasteiger partial charge is 0.356 e. The maximum absolute atomic E-state index is 3.91. The number of thioether (sulfide) groups is 1. The van der Waals surface area contributed by atoms with Gasteiger partial charge in [0.25, 0.3) is 0 Å². The molecular weight excluding hydrogens is 141 g/mol. The van der Waals surface area contributed by atoms with E-state index in [9.17, 15) is 0 Å². The van der Waals surface area contributed by atoms with E-state index in [2.05, 4.69) is 25.0 Å². The van der Waals surface area contributed by atoms with Crippen molar-refractivity contribution in [1.82, 2.24) is 5.23 Å². The van der Waals surface area contributed by atoms with E-state index in [1.54, 1.807) is 0 Å². The Hall–Kier alpha value is 0.115. The lowest BCUT2D eigenvalue weighted by Gasteiger charge is -2.14. The Morgan fingerprint density at radius 3 is 2.70 bits per heavy atom. The van der Waals surface area contributed by atoms with E-state index >= 15 is 0 Å². The summed E-state index contributed by atoms with van der Waals surface area (Å²) in [4.78, 5) is 0. The van der Waals surface area contributed by atoms with E-state index in [-0.39, 0.29) is 0 Å². The van der Waals surface area contributed by atoms with E-state index in [0.717, 1.165) is 0 Å². The minimum atomic E-state index is 0.507. The summed E-state index contributed by atoms with van der Waals surface area (Å²) in [5, 5.41) is 3.22. The smallest absolute Gasteiger partial charge is 0.182 e. The monoisotopic (exact) mass is 157 g/mol. The minimum absolute atomic E-state index is 0.507. The molecule has 1 nitrogen and oxygen atoms in total. The van der Waals surface area contributed by atoms with Gasteiger partial charge in [-0.05, 0) is 25.4 Å². The molecule has 0 heterocycles. The van der Waals surface area contributed by atoms with Gasteiger partial charge in [0.1, 0.15) is 0 Å². The summed E-state index contributed by atoms with van der Waals surface area (Å²) in [6.45, 7) is 5.98. The second kappa shape index (κ2) is 5.87. The fourth-order valence-electron chi connectivity index (χ4n) is 0.873. The first-order valence-corrected chi connectivity index (χ1v) is 4.93. The number of rotatable bonds is 5. The van der Waals surface area contributed by atoms with Crippen LogP contribution in [0.1, 0.15) is 13.3 Å². The highest BCUT2D eigenvalue weighted by Crippen LogP contribution is 2.06. The number of hydrogen-bond acceptors (Lipinski definition) is 2. The van der Waals surface area contributed by atoms with Crippen LogP contribution in [0.3, 0.4) is 0 Å². The van der Waals surface area contributed by atoms with E-state index in [1.165, 1.54) is 17.7 Å². The van der Waals surface area contributed by atoms with Gasteiger partial charge in [-0.25, -0.2) is 0 Å². The lowest BCUT2D eigenvalue weighted by atomic mass is 10.1. The average Bonchev–Trinajstić information content (AvgIpc) is 1.89. The Balaban J connectivity index is 3.50. The highest BCUT2D eigenvalue weighted by molar-refractivity contribution is 7.98. The lowest BCUT2D eigenvalue weighted by Crippen LogP contribution is -2.27. The molecule has 0 radical (unpaired) electrons. The van der Waals surface area contributed by atoms with Crippen LogP contribution in [0.4, 0.5) is 0 Å². The van der Waals surface area contributed by atoms with Crippen LogP contribution in [-0.4, -0.2) is 26.0 Å². The molecule has 3 heteroatoms. The molecule has 0 saturated heterocycles. The Labute approximate surface area is 69.1 Å². The van der Waals surface area contributed by atoms with Crippen molar-refractivity contribution in [2.24, 2.45) is 0 Å². The Morgan fingerprint density at radius 1 is 1.80 bits per heavy atom. The predicted octanol–water partition coefficient (Wildman–Crippen LogP) is 0.822. The van der Waals surface area contributed by atoms with Crippen molar-refractivity contribution in [2.75, 3.05) is 12.0 Å². The van der Waals surface area contributed by atoms with Crippen LogP contribution < -0.4 is 5.23 Å². The van der Waals surface area contributed by atoms with Crippen LogP contribution in [0.5, 0.6) is 0 Å². The van der Waals surface area contributed by atoms with Crippen LogP contribution in [-0.2, 0) is 0 Å². The van der Waals surface area contributed by atoms with Gasteiger partial charge in [-0.15, -0.1) is 0 Å². The fraction of sp³-hybridized carbons (Fsp3) is 0.714. The van der Waals surface area contributed by atoms with E-state index < -0.39 is 0 Å². The molecule has 0 amide bonds. The zero-order chi connectivity index (χ0) is 7.98. The average molecular weight is 157 g/mol. The van der Waals surface area contributed by atoms with Crippen molar-refractivity contribution in [2.45, 2.75) is 19.4 Å². The number of nitrogens with one attached hydrogen (secondary N) is 1. The highest BCUT2D eigenvalue weighted by Gasteiger charge is 2.03. The topological polar surface area (TPSA) is 12.0 Å². The van der Waals surface area contributed by atoms with Crippen LogP contribution in [0.2, 0.25) is 0 Å². The zero-order valence-corrected chi connectivity index (χ0v) is 7.92. The Kier molecular flexibility index (Phi) is 5.93. The van der Waals surface area contributed by atoms with Crippen molar-refractivity contribution >= 4 is 19.7 Å². The van der Waals surface area contributed by atoms with Crippen LogP contribution in [0, 0.1) is 0 Å². The quantitative estimate of drug-likeness (QED) is 0.468. The van der Waals surface area contributed by atoms with E-state index in [0.29, 0.717) is 6.04 Å². The molecule has 0 bridgehead atoms. The second-order valence-electron chi connectivity index (χ2n) is 2.47. The van der Waals surface area contributed by atoms with Crippen molar-refractivity contribution in [1.29, 1.82) is 0 Å². The standard InChI is InChI=1S/C7H16BNS/c1-6(2)7(9-8)4-5-10-3/h7,9H,1,4-5,8H2,2-3H3/t7-/m0/s1. The third-order valence-corrected chi connectivity index (χ3v) is 2.20. The minimum Gasteiger partial charge on any atom is -0.356 e. The first-order chi connectivity index (χ1) is 4.72. The van der Waals surface area contributed by atoms with Crippen molar-refractivity contribution in [3.63, 3.8) is 0 Å².